The smallest absolute Gasteiger partial charge is 0.203 e. The van der Waals surface area contributed by atoms with E-state index < -0.39 is 0 Å². The number of nitrogens with one attached hydrogen (secondary N) is 1. The highest BCUT2D eigenvalue weighted by molar-refractivity contribution is 7.80. The number of hydrogen-bond acceptors (Lipinski definition) is 6. The summed E-state index contributed by atoms with van der Waals surface area (Å²) < 4.78 is 27.3. The highest BCUT2D eigenvalue weighted by Crippen LogP contribution is 2.40. The first kappa shape index (κ1) is 22.3. The second-order valence-corrected chi connectivity index (χ2v) is 6.97. The van der Waals surface area contributed by atoms with Gasteiger partial charge in [-0.2, -0.15) is 0 Å². The van der Waals surface area contributed by atoms with Gasteiger partial charge in [0.15, 0.2) is 16.6 Å². The van der Waals surface area contributed by atoms with Gasteiger partial charge in [0, 0.05) is 17.8 Å². The summed E-state index contributed by atoms with van der Waals surface area (Å²) in [6, 6.07) is 15.1. The molecule has 0 saturated heterocycles. The van der Waals surface area contributed by atoms with Crippen LogP contribution in [0.2, 0.25) is 0 Å². The van der Waals surface area contributed by atoms with Crippen LogP contribution < -0.4 is 24.3 Å². The topological polar surface area (TPSA) is 65.3 Å². The number of anilines is 1. The highest BCUT2D eigenvalue weighted by atomic mass is 32.1. The van der Waals surface area contributed by atoms with Crippen LogP contribution in [0, 0.1) is 0 Å². The molecule has 0 radical (unpaired) electrons. The fraction of sp³-hybridized carbons (Fsp3) is 0.261. The zero-order valence-corrected chi connectivity index (χ0v) is 18.8. The van der Waals surface area contributed by atoms with Crippen molar-refractivity contribution in [3.8, 4) is 23.0 Å². The van der Waals surface area contributed by atoms with Crippen LogP contribution >= 0.6 is 12.2 Å². The molecule has 0 fully saturated rings. The zero-order valence-electron chi connectivity index (χ0n) is 18.0. The average Bonchev–Trinajstić information content (AvgIpc) is 3.31. The maximum Gasteiger partial charge on any atom is 0.203 e. The fourth-order valence-corrected chi connectivity index (χ4v) is 3.41. The van der Waals surface area contributed by atoms with Crippen molar-refractivity contribution in [3.63, 3.8) is 0 Å². The average molecular weight is 443 g/mol. The van der Waals surface area contributed by atoms with E-state index >= 15 is 0 Å². The van der Waals surface area contributed by atoms with E-state index in [1.165, 1.54) is 0 Å². The Labute approximate surface area is 187 Å². The molecule has 0 atom stereocenters. The molecule has 164 valence electrons. The van der Waals surface area contributed by atoms with Gasteiger partial charge in [-0.3, -0.25) is 0 Å². The van der Waals surface area contributed by atoms with Crippen LogP contribution in [0.5, 0.6) is 23.0 Å². The maximum absolute atomic E-state index is 5.73. The lowest BCUT2D eigenvalue weighted by Crippen LogP contribution is -2.33. The first-order valence-corrected chi connectivity index (χ1v) is 10.0. The van der Waals surface area contributed by atoms with E-state index in [1.54, 1.807) is 34.7 Å². The molecule has 0 bridgehead atoms. The van der Waals surface area contributed by atoms with Crippen molar-refractivity contribution < 1.29 is 23.4 Å². The summed E-state index contributed by atoms with van der Waals surface area (Å²) >= 11 is 5.73. The molecular formula is C23H26N2O5S. The van der Waals surface area contributed by atoms with Crippen LogP contribution in [0.3, 0.4) is 0 Å². The molecule has 3 aromatic rings. The first-order valence-electron chi connectivity index (χ1n) is 9.59. The number of furan rings is 1. The van der Waals surface area contributed by atoms with Crippen molar-refractivity contribution in [2.75, 3.05) is 33.8 Å². The quantitative estimate of drug-likeness (QED) is 0.478. The number of rotatable bonds is 9. The van der Waals surface area contributed by atoms with Crippen LogP contribution in [0.1, 0.15) is 11.3 Å². The van der Waals surface area contributed by atoms with Gasteiger partial charge in [0.25, 0.3) is 0 Å². The second kappa shape index (κ2) is 10.6. The van der Waals surface area contributed by atoms with Crippen molar-refractivity contribution in [2.45, 2.75) is 13.1 Å². The summed E-state index contributed by atoms with van der Waals surface area (Å²) in [5, 5.41) is 3.82. The molecule has 0 aliphatic heterocycles. The second-order valence-electron chi connectivity index (χ2n) is 6.59. The Balaban J connectivity index is 1.87. The molecule has 0 aliphatic rings. The molecule has 3 rings (SSSR count). The predicted molar refractivity (Wildman–Crippen MR) is 123 cm³/mol. The van der Waals surface area contributed by atoms with Crippen LogP contribution in [-0.2, 0) is 13.1 Å². The Kier molecular flexibility index (Phi) is 7.61. The molecular weight excluding hydrogens is 416 g/mol. The minimum atomic E-state index is 0.464. The van der Waals surface area contributed by atoms with E-state index in [0.717, 1.165) is 22.8 Å². The Hall–Kier alpha value is -3.39. The Morgan fingerprint density at radius 3 is 2.19 bits per heavy atom. The molecule has 7 nitrogen and oxygen atoms in total. The van der Waals surface area contributed by atoms with Crippen molar-refractivity contribution in [2.24, 2.45) is 0 Å². The largest absolute Gasteiger partial charge is 0.497 e. The molecule has 0 amide bonds. The maximum atomic E-state index is 5.73. The third-order valence-corrected chi connectivity index (χ3v) is 5.06. The molecule has 8 heteroatoms. The van der Waals surface area contributed by atoms with Crippen molar-refractivity contribution in [1.82, 2.24) is 4.90 Å². The van der Waals surface area contributed by atoms with Gasteiger partial charge in [0.1, 0.15) is 11.5 Å². The number of methoxy groups -OCH3 is 4. The van der Waals surface area contributed by atoms with Crippen LogP contribution in [0.4, 0.5) is 5.69 Å². The van der Waals surface area contributed by atoms with E-state index in [9.17, 15) is 0 Å². The number of thiocarbonyl (C=S) groups is 1. The van der Waals surface area contributed by atoms with Gasteiger partial charge in [-0.1, -0.05) is 0 Å². The summed E-state index contributed by atoms with van der Waals surface area (Å²) in [6.07, 6.45) is 1.64. The predicted octanol–water partition coefficient (Wildman–Crippen LogP) is 4.71. The molecule has 1 aromatic heterocycles. The first-order chi connectivity index (χ1) is 15.1. The van der Waals surface area contributed by atoms with E-state index in [-0.39, 0.29) is 0 Å². The third kappa shape index (κ3) is 5.40. The summed E-state index contributed by atoms with van der Waals surface area (Å²) in [5.41, 5.74) is 1.75. The summed E-state index contributed by atoms with van der Waals surface area (Å²) in [6.45, 7) is 0.943. The molecule has 0 saturated carbocycles. The lowest BCUT2D eigenvalue weighted by atomic mass is 10.1. The third-order valence-electron chi connectivity index (χ3n) is 4.70. The number of ether oxygens (including phenoxy) is 4. The summed E-state index contributed by atoms with van der Waals surface area (Å²) in [4.78, 5) is 1.99. The molecule has 2 aromatic carbocycles. The van der Waals surface area contributed by atoms with Crippen LogP contribution in [0.15, 0.2) is 59.2 Å². The molecule has 31 heavy (non-hydrogen) atoms. The lowest BCUT2D eigenvalue weighted by molar-refractivity contribution is 0.313. The molecule has 0 spiro atoms. The van der Waals surface area contributed by atoms with Gasteiger partial charge < -0.3 is 33.6 Å². The lowest BCUT2D eigenvalue weighted by Gasteiger charge is -2.26. The van der Waals surface area contributed by atoms with Crippen molar-refractivity contribution in [1.29, 1.82) is 0 Å². The van der Waals surface area contributed by atoms with E-state index in [0.29, 0.717) is 35.5 Å². The van der Waals surface area contributed by atoms with Crippen molar-refractivity contribution in [3.05, 3.63) is 66.1 Å². The van der Waals surface area contributed by atoms with Crippen molar-refractivity contribution >= 4 is 23.0 Å². The van der Waals surface area contributed by atoms with Gasteiger partial charge in [0.2, 0.25) is 5.75 Å². The van der Waals surface area contributed by atoms with E-state index in [1.807, 2.05) is 53.4 Å². The minimum Gasteiger partial charge on any atom is -0.497 e. The van der Waals surface area contributed by atoms with E-state index in [4.69, 9.17) is 35.6 Å². The number of hydrogen-bond donors (Lipinski definition) is 1. The molecule has 1 N–H and O–H groups in total. The zero-order chi connectivity index (χ0) is 22.2. The summed E-state index contributed by atoms with van der Waals surface area (Å²) in [5.74, 6) is 3.30. The monoisotopic (exact) mass is 442 g/mol. The van der Waals surface area contributed by atoms with Gasteiger partial charge >= 0.3 is 0 Å². The Bertz CT molecular complexity index is 990. The standard InChI is InChI=1S/C23H26N2O5S/c1-26-18-10-8-17(9-11-18)24-23(31)25(15-19-6-5-13-30-19)14-16-7-12-20(27-2)22(29-4)21(16)28-3/h5-13H,14-15H2,1-4H3,(H,24,31). The van der Waals surface area contributed by atoms with Gasteiger partial charge in [-0.25, -0.2) is 0 Å². The van der Waals surface area contributed by atoms with Gasteiger partial charge in [-0.05, 0) is 60.7 Å². The van der Waals surface area contributed by atoms with Gasteiger partial charge in [0.05, 0.1) is 41.2 Å². The van der Waals surface area contributed by atoms with Crippen LogP contribution in [0.25, 0.3) is 0 Å². The normalized spacial score (nSPS) is 10.3. The minimum absolute atomic E-state index is 0.464. The van der Waals surface area contributed by atoms with E-state index in [2.05, 4.69) is 5.32 Å². The summed E-state index contributed by atoms with van der Waals surface area (Å²) in [7, 11) is 6.41. The van der Waals surface area contributed by atoms with Gasteiger partial charge in [-0.15, -0.1) is 0 Å². The molecule has 1 heterocycles. The SMILES string of the molecule is COc1ccc(NC(=S)N(Cc2ccco2)Cc2ccc(OC)c(OC)c2OC)cc1. The number of benzene rings is 2. The van der Waals surface area contributed by atoms with Crippen LogP contribution in [-0.4, -0.2) is 38.5 Å². The number of nitrogens with zero attached hydrogens (tertiary/aromatic N) is 1. The molecule has 0 aliphatic carbocycles. The molecule has 0 unspecified atom stereocenters. The Morgan fingerprint density at radius 1 is 0.871 bits per heavy atom. The Morgan fingerprint density at radius 2 is 1.61 bits per heavy atom. The highest BCUT2D eigenvalue weighted by Gasteiger charge is 2.20. The fourth-order valence-electron chi connectivity index (χ4n) is 3.16.